The van der Waals surface area contributed by atoms with E-state index in [-0.39, 0.29) is 11.6 Å². The molecule has 3 heterocycles. The molecule has 0 radical (unpaired) electrons. The molecule has 0 aliphatic carbocycles. The second-order valence-electron chi connectivity index (χ2n) is 6.43. The molecule has 1 amide bonds. The van der Waals surface area contributed by atoms with Crippen molar-refractivity contribution in [1.82, 2.24) is 19.6 Å². The normalized spacial score (nSPS) is 14.5. The molecule has 27 heavy (non-hydrogen) atoms. The van der Waals surface area contributed by atoms with Gasteiger partial charge in [-0.3, -0.25) is 4.79 Å². The van der Waals surface area contributed by atoms with Crippen LogP contribution in [0.1, 0.15) is 5.56 Å². The number of carbonyl (C=O) groups is 1. The first-order valence-electron chi connectivity index (χ1n) is 8.77. The molecule has 138 valence electrons. The number of aromatic nitrogens is 3. The zero-order valence-electron chi connectivity index (χ0n) is 14.7. The van der Waals surface area contributed by atoms with E-state index in [0.29, 0.717) is 48.5 Å². The minimum absolute atomic E-state index is 0.0890. The Labute approximate surface area is 155 Å². The van der Waals surface area contributed by atoms with Crippen LogP contribution < -0.4 is 10.6 Å². The molecule has 4 rings (SSSR count). The Morgan fingerprint density at radius 1 is 1.04 bits per heavy atom. The molecule has 1 aliphatic rings. The van der Waals surface area contributed by atoms with Gasteiger partial charge >= 0.3 is 5.69 Å². The van der Waals surface area contributed by atoms with Crippen LogP contribution in [0.25, 0.3) is 11.0 Å². The van der Waals surface area contributed by atoms with Crippen molar-refractivity contribution in [1.29, 1.82) is 0 Å². The van der Waals surface area contributed by atoms with Gasteiger partial charge in [0.25, 0.3) is 0 Å². The number of carbonyl (C=O) groups excluding carboxylic acids is 1. The molecule has 8 heteroatoms. The Bertz CT molecular complexity index is 1030. The maximum atomic E-state index is 12.5. The van der Waals surface area contributed by atoms with E-state index in [4.69, 9.17) is 0 Å². The fourth-order valence-corrected chi connectivity index (χ4v) is 3.32. The second-order valence-corrected chi connectivity index (χ2v) is 6.43. The van der Waals surface area contributed by atoms with Crippen LogP contribution >= 0.6 is 0 Å². The lowest BCUT2D eigenvalue weighted by molar-refractivity contribution is -0.130. The third kappa shape index (κ3) is 3.33. The van der Waals surface area contributed by atoms with Crippen molar-refractivity contribution in [3.8, 4) is 0 Å². The molecule has 0 unspecified atom stereocenters. The maximum absolute atomic E-state index is 12.5. The van der Waals surface area contributed by atoms with Crippen LogP contribution in [0.5, 0.6) is 0 Å². The topological polar surface area (TPSA) is 91.6 Å². The Hall–Kier alpha value is -3.42. The lowest BCUT2D eigenvalue weighted by Gasteiger charge is -2.35. The molecule has 3 aromatic rings. The van der Waals surface area contributed by atoms with Crippen LogP contribution in [0, 0.1) is 0 Å². The Morgan fingerprint density at radius 3 is 2.52 bits per heavy atom. The average molecular weight is 365 g/mol. The third-order valence-electron chi connectivity index (χ3n) is 4.74. The number of nitrogens with zero attached hydrogens (tertiary/aromatic N) is 5. The van der Waals surface area contributed by atoms with Gasteiger partial charge in [-0.2, -0.15) is 4.98 Å². The fraction of sp³-hybridized carbons (Fsp3) is 0.263. The molecule has 1 aromatic carbocycles. The first kappa shape index (κ1) is 17.0. The molecule has 0 spiro atoms. The number of piperazine rings is 1. The van der Waals surface area contributed by atoms with E-state index in [1.54, 1.807) is 12.1 Å². The number of amides is 1. The molecular formula is C19H19N5O3. The SMILES string of the molecule is O=C(Cc1ccccc1)N1CCN(c2nc(=O)n(O)c3ncccc23)CC1. The highest BCUT2D eigenvalue weighted by atomic mass is 16.5. The van der Waals surface area contributed by atoms with Crippen molar-refractivity contribution in [3.05, 3.63) is 64.7 Å². The smallest absolute Gasteiger partial charge is 0.384 e. The van der Waals surface area contributed by atoms with Gasteiger partial charge in [-0.05, 0) is 17.7 Å². The largest absolute Gasteiger partial charge is 0.422 e. The highest BCUT2D eigenvalue weighted by Gasteiger charge is 2.24. The summed E-state index contributed by atoms with van der Waals surface area (Å²) in [5, 5.41) is 10.4. The Morgan fingerprint density at radius 2 is 1.78 bits per heavy atom. The maximum Gasteiger partial charge on any atom is 0.384 e. The molecular weight excluding hydrogens is 346 g/mol. The van der Waals surface area contributed by atoms with E-state index >= 15 is 0 Å². The van der Waals surface area contributed by atoms with Gasteiger partial charge in [0.15, 0.2) is 5.65 Å². The number of benzene rings is 1. The van der Waals surface area contributed by atoms with E-state index in [1.807, 2.05) is 40.1 Å². The number of anilines is 1. The summed E-state index contributed by atoms with van der Waals surface area (Å²) in [6.07, 6.45) is 1.89. The molecule has 1 fully saturated rings. The molecule has 0 saturated carbocycles. The van der Waals surface area contributed by atoms with Crippen molar-refractivity contribution in [3.63, 3.8) is 0 Å². The quantitative estimate of drug-likeness (QED) is 0.694. The van der Waals surface area contributed by atoms with Crippen LogP contribution in [0.15, 0.2) is 53.5 Å². The molecule has 8 nitrogen and oxygen atoms in total. The van der Waals surface area contributed by atoms with Gasteiger partial charge in [-0.15, -0.1) is 4.73 Å². The summed E-state index contributed by atoms with van der Waals surface area (Å²) in [5.41, 5.74) is 0.407. The highest BCUT2D eigenvalue weighted by Crippen LogP contribution is 2.22. The lowest BCUT2D eigenvalue weighted by Crippen LogP contribution is -2.50. The van der Waals surface area contributed by atoms with Crippen LogP contribution in [0.4, 0.5) is 5.82 Å². The molecule has 1 N–H and O–H groups in total. The predicted molar refractivity (Wildman–Crippen MR) is 99.9 cm³/mol. The highest BCUT2D eigenvalue weighted by molar-refractivity contribution is 5.87. The van der Waals surface area contributed by atoms with Crippen molar-refractivity contribution in [2.45, 2.75) is 6.42 Å². The summed E-state index contributed by atoms with van der Waals surface area (Å²) in [4.78, 5) is 36.3. The van der Waals surface area contributed by atoms with Crippen LogP contribution in [-0.4, -0.2) is 56.9 Å². The van der Waals surface area contributed by atoms with Crippen LogP contribution in [-0.2, 0) is 11.2 Å². The van der Waals surface area contributed by atoms with Gasteiger partial charge in [-0.1, -0.05) is 30.3 Å². The van der Waals surface area contributed by atoms with E-state index in [2.05, 4.69) is 9.97 Å². The van der Waals surface area contributed by atoms with E-state index < -0.39 is 5.69 Å². The van der Waals surface area contributed by atoms with E-state index in [1.165, 1.54) is 6.20 Å². The molecule has 1 aliphatic heterocycles. The summed E-state index contributed by atoms with van der Waals surface area (Å²) in [7, 11) is 0. The van der Waals surface area contributed by atoms with Crippen molar-refractivity contribution in [2.24, 2.45) is 0 Å². The summed E-state index contributed by atoms with van der Waals surface area (Å²) in [6.45, 7) is 2.23. The van der Waals surface area contributed by atoms with Crippen molar-refractivity contribution >= 4 is 22.8 Å². The predicted octanol–water partition coefficient (Wildman–Crippen LogP) is 0.920. The first-order chi connectivity index (χ1) is 13.1. The number of pyridine rings is 1. The summed E-state index contributed by atoms with van der Waals surface area (Å²) in [6, 6.07) is 13.2. The standard InChI is InChI=1S/C19H19N5O3/c25-16(13-14-5-2-1-3-6-14)22-9-11-23(12-10-22)18-15-7-4-8-20-17(15)24(27)19(26)21-18/h1-8,27H,9-13H2. The average Bonchev–Trinajstić information content (AvgIpc) is 2.71. The number of hydrogen-bond donors (Lipinski definition) is 1. The van der Waals surface area contributed by atoms with Gasteiger partial charge in [0.05, 0.1) is 11.8 Å². The van der Waals surface area contributed by atoms with Crippen LogP contribution in [0.2, 0.25) is 0 Å². The van der Waals surface area contributed by atoms with Gasteiger partial charge in [-0.25, -0.2) is 9.78 Å². The summed E-state index contributed by atoms with van der Waals surface area (Å²) >= 11 is 0. The molecule has 2 aromatic heterocycles. The fourth-order valence-electron chi connectivity index (χ4n) is 3.32. The first-order valence-corrected chi connectivity index (χ1v) is 8.77. The summed E-state index contributed by atoms with van der Waals surface area (Å²) in [5.74, 6) is 0.578. The number of hydrogen-bond acceptors (Lipinski definition) is 6. The Kier molecular flexibility index (Phi) is 4.45. The van der Waals surface area contributed by atoms with Crippen LogP contribution in [0.3, 0.4) is 0 Å². The molecule has 0 bridgehead atoms. The van der Waals surface area contributed by atoms with Gasteiger partial charge in [0.1, 0.15) is 5.82 Å². The number of fused-ring (bicyclic) bond motifs is 1. The Balaban J connectivity index is 1.50. The van der Waals surface area contributed by atoms with E-state index in [9.17, 15) is 14.8 Å². The lowest BCUT2D eigenvalue weighted by atomic mass is 10.1. The van der Waals surface area contributed by atoms with E-state index in [0.717, 1.165) is 5.56 Å². The van der Waals surface area contributed by atoms with Gasteiger partial charge < -0.3 is 15.0 Å². The monoisotopic (exact) mass is 365 g/mol. The minimum atomic E-state index is -0.765. The number of rotatable bonds is 3. The zero-order valence-corrected chi connectivity index (χ0v) is 14.7. The molecule has 0 atom stereocenters. The zero-order chi connectivity index (χ0) is 18.8. The molecule has 1 saturated heterocycles. The van der Waals surface area contributed by atoms with Gasteiger partial charge in [0.2, 0.25) is 5.91 Å². The van der Waals surface area contributed by atoms with Gasteiger partial charge in [0, 0.05) is 32.4 Å². The second kappa shape index (κ2) is 7.06. The third-order valence-corrected chi connectivity index (χ3v) is 4.74. The summed E-state index contributed by atoms with van der Waals surface area (Å²) < 4.78 is 0.457. The minimum Gasteiger partial charge on any atom is -0.422 e. The van der Waals surface area contributed by atoms with Crippen molar-refractivity contribution < 1.29 is 10.0 Å². The van der Waals surface area contributed by atoms with Crippen molar-refractivity contribution in [2.75, 3.05) is 31.1 Å².